The van der Waals surface area contributed by atoms with Crippen LogP contribution in [0.4, 0.5) is 0 Å². The molecule has 0 saturated carbocycles. The maximum Gasteiger partial charge on any atom is 0.228 e. The molecule has 1 aliphatic heterocycles. The molecule has 1 saturated heterocycles. The number of piperidine rings is 1. The van der Waals surface area contributed by atoms with E-state index in [-0.39, 0.29) is 6.04 Å². The highest BCUT2D eigenvalue weighted by Crippen LogP contribution is 2.08. The summed E-state index contributed by atoms with van der Waals surface area (Å²) in [7, 11) is -3.47. The molecule has 0 bridgehead atoms. The summed E-state index contributed by atoms with van der Waals surface area (Å²) in [6.45, 7) is 3.29. The Balaban J connectivity index is 2.59. The molecule has 0 spiro atoms. The topological polar surface area (TPSA) is 82.0 Å². The van der Waals surface area contributed by atoms with E-state index < -0.39 is 15.3 Å². The Kier molecular flexibility index (Phi) is 4.51. The van der Waals surface area contributed by atoms with Crippen LogP contribution in [0.2, 0.25) is 0 Å². The van der Waals surface area contributed by atoms with Gasteiger partial charge in [-0.25, -0.2) is 13.1 Å². The summed E-state index contributed by atoms with van der Waals surface area (Å²) >= 11 is 0. The maximum atomic E-state index is 11.7. The van der Waals surface area contributed by atoms with E-state index in [0.717, 1.165) is 19.4 Å². The van der Waals surface area contributed by atoms with Gasteiger partial charge in [-0.3, -0.25) is 0 Å². The number of nitrogens with zero attached hydrogens (tertiary/aromatic N) is 1. The first kappa shape index (κ1) is 12.4. The Morgan fingerprint density at radius 1 is 1.67 bits per heavy atom. The van der Waals surface area contributed by atoms with Gasteiger partial charge in [-0.2, -0.15) is 5.26 Å². The monoisotopic (exact) mass is 231 g/mol. The van der Waals surface area contributed by atoms with Crippen LogP contribution in [-0.4, -0.2) is 32.8 Å². The predicted molar refractivity (Wildman–Crippen MR) is 57.6 cm³/mol. The third-order valence-corrected chi connectivity index (χ3v) is 4.37. The summed E-state index contributed by atoms with van der Waals surface area (Å²) in [5.41, 5.74) is 0. The van der Waals surface area contributed by atoms with Gasteiger partial charge in [0.15, 0.2) is 5.25 Å². The van der Waals surface area contributed by atoms with Crippen LogP contribution in [0.5, 0.6) is 0 Å². The van der Waals surface area contributed by atoms with Crippen molar-refractivity contribution in [2.75, 3.05) is 13.1 Å². The fraction of sp³-hybridized carbons (Fsp3) is 0.889. The highest BCUT2D eigenvalue weighted by atomic mass is 32.2. The molecule has 86 valence electrons. The highest BCUT2D eigenvalue weighted by Gasteiger charge is 2.27. The van der Waals surface area contributed by atoms with E-state index in [1.54, 1.807) is 6.92 Å². The van der Waals surface area contributed by atoms with Gasteiger partial charge in [0, 0.05) is 12.6 Å². The van der Waals surface area contributed by atoms with E-state index >= 15 is 0 Å². The van der Waals surface area contributed by atoms with Crippen LogP contribution in [0.3, 0.4) is 0 Å². The minimum atomic E-state index is -3.47. The molecule has 0 aromatic heterocycles. The number of nitrogens with one attached hydrogen (secondary N) is 2. The number of nitriles is 1. The first-order valence-corrected chi connectivity index (χ1v) is 6.76. The summed E-state index contributed by atoms with van der Waals surface area (Å²) in [5.74, 6) is 0. The van der Waals surface area contributed by atoms with Crippen LogP contribution >= 0.6 is 0 Å². The van der Waals surface area contributed by atoms with Crippen molar-refractivity contribution in [3.05, 3.63) is 0 Å². The van der Waals surface area contributed by atoms with Gasteiger partial charge in [0.2, 0.25) is 10.0 Å². The molecule has 1 rings (SSSR count). The van der Waals surface area contributed by atoms with Crippen molar-refractivity contribution < 1.29 is 8.42 Å². The zero-order valence-corrected chi connectivity index (χ0v) is 9.68. The van der Waals surface area contributed by atoms with Crippen LogP contribution in [0.1, 0.15) is 26.2 Å². The second-order valence-corrected chi connectivity index (χ2v) is 5.63. The van der Waals surface area contributed by atoms with Gasteiger partial charge in [-0.15, -0.1) is 0 Å². The maximum absolute atomic E-state index is 11.7. The van der Waals surface area contributed by atoms with Crippen molar-refractivity contribution in [2.24, 2.45) is 0 Å². The number of hydrogen-bond donors (Lipinski definition) is 2. The SMILES string of the molecule is CCC(C#N)S(=O)(=O)N[C@H]1CCCNC1. The lowest BCUT2D eigenvalue weighted by Crippen LogP contribution is -2.48. The minimum absolute atomic E-state index is 0.0638. The van der Waals surface area contributed by atoms with Crippen LogP contribution in [0.25, 0.3) is 0 Å². The van der Waals surface area contributed by atoms with Crippen LogP contribution in [0.15, 0.2) is 0 Å². The van der Waals surface area contributed by atoms with Gasteiger partial charge >= 0.3 is 0 Å². The Morgan fingerprint density at radius 3 is 2.87 bits per heavy atom. The largest absolute Gasteiger partial charge is 0.315 e. The molecule has 15 heavy (non-hydrogen) atoms. The lowest BCUT2D eigenvalue weighted by Gasteiger charge is -2.24. The lowest BCUT2D eigenvalue weighted by molar-refractivity contribution is 0.427. The Labute approximate surface area is 90.9 Å². The van der Waals surface area contributed by atoms with Crippen molar-refractivity contribution in [3.63, 3.8) is 0 Å². The Hall–Kier alpha value is -0.640. The zero-order valence-electron chi connectivity index (χ0n) is 8.86. The van der Waals surface area contributed by atoms with Crippen molar-refractivity contribution in [1.29, 1.82) is 5.26 Å². The summed E-state index contributed by atoms with van der Waals surface area (Å²) in [5, 5.41) is 10.9. The first-order valence-electron chi connectivity index (χ1n) is 5.21. The molecule has 6 heteroatoms. The van der Waals surface area contributed by atoms with E-state index in [2.05, 4.69) is 10.0 Å². The van der Waals surface area contributed by atoms with Crippen molar-refractivity contribution in [3.8, 4) is 6.07 Å². The molecule has 0 aromatic carbocycles. The lowest BCUT2D eigenvalue weighted by atomic mass is 10.1. The minimum Gasteiger partial charge on any atom is -0.315 e. The van der Waals surface area contributed by atoms with Crippen molar-refractivity contribution in [1.82, 2.24) is 10.0 Å². The van der Waals surface area contributed by atoms with E-state index in [0.29, 0.717) is 13.0 Å². The second-order valence-electron chi connectivity index (χ2n) is 3.73. The van der Waals surface area contributed by atoms with E-state index in [1.165, 1.54) is 0 Å². The molecule has 0 aliphatic carbocycles. The number of rotatable bonds is 4. The zero-order chi connectivity index (χ0) is 11.3. The molecule has 5 nitrogen and oxygen atoms in total. The molecule has 0 aromatic rings. The molecule has 0 amide bonds. The van der Waals surface area contributed by atoms with E-state index in [4.69, 9.17) is 5.26 Å². The average molecular weight is 231 g/mol. The number of hydrogen-bond acceptors (Lipinski definition) is 4. The molecule has 1 heterocycles. The van der Waals surface area contributed by atoms with E-state index in [1.807, 2.05) is 6.07 Å². The number of sulfonamides is 1. The highest BCUT2D eigenvalue weighted by molar-refractivity contribution is 7.90. The second kappa shape index (κ2) is 5.45. The molecule has 1 fully saturated rings. The van der Waals surface area contributed by atoms with E-state index in [9.17, 15) is 8.42 Å². The third-order valence-electron chi connectivity index (χ3n) is 2.52. The van der Waals surface area contributed by atoms with Crippen LogP contribution in [0, 0.1) is 11.3 Å². The smallest absolute Gasteiger partial charge is 0.228 e. The molecule has 2 N–H and O–H groups in total. The summed E-state index contributed by atoms with van der Waals surface area (Å²) in [4.78, 5) is 0. The average Bonchev–Trinajstić information content (AvgIpc) is 2.19. The molecule has 2 atom stereocenters. The predicted octanol–water partition coefficient (Wildman–Crippen LogP) is -0.0400. The third kappa shape index (κ3) is 3.45. The molecule has 0 radical (unpaired) electrons. The molecular formula is C9H17N3O2S. The van der Waals surface area contributed by atoms with Gasteiger partial charge in [0.05, 0.1) is 6.07 Å². The van der Waals surface area contributed by atoms with Gasteiger partial charge in [-0.1, -0.05) is 6.92 Å². The van der Waals surface area contributed by atoms with Crippen LogP contribution in [-0.2, 0) is 10.0 Å². The standard InChI is InChI=1S/C9H17N3O2S/c1-2-9(6-10)15(13,14)12-8-4-3-5-11-7-8/h8-9,11-12H,2-5,7H2,1H3/t8-,9?/m0/s1. The summed E-state index contributed by atoms with van der Waals surface area (Å²) < 4.78 is 26.0. The summed E-state index contributed by atoms with van der Waals surface area (Å²) in [6.07, 6.45) is 2.14. The van der Waals surface area contributed by atoms with Gasteiger partial charge in [-0.05, 0) is 25.8 Å². The quantitative estimate of drug-likeness (QED) is 0.711. The van der Waals surface area contributed by atoms with Crippen molar-refractivity contribution in [2.45, 2.75) is 37.5 Å². The molecular weight excluding hydrogens is 214 g/mol. The first-order chi connectivity index (χ1) is 7.10. The molecule has 1 aliphatic rings. The fourth-order valence-corrected chi connectivity index (χ4v) is 3.05. The normalized spacial score (nSPS) is 24.4. The Morgan fingerprint density at radius 2 is 2.40 bits per heavy atom. The summed E-state index contributed by atoms with van der Waals surface area (Å²) in [6, 6.07) is 1.75. The van der Waals surface area contributed by atoms with Crippen LogP contribution < -0.4 is 10.0 Å². The van der Waals surface area contributed by atoms with Gasteiger partial charge in [0.1, 0.15) is 0 Å². The van der Waals surface area contributed by atoms with Gasteiger partial charge in [0.25, 0.3) is 0 Å². The van der Waals surface area contributed by atoms with Crippen molar-refractivity contribution >= 4 is 10.0 Å². The van der Waals surface area contributed by atoms with Gasteiger partial charge < -0.3 is 5.32 Å². The Bertz CT molecular complexity index is 328. The fourth-order valence-electron chi connectivity index (χ4n) is 1.65. The molecule has 1 unspecified atom stereocenters.